The van der Waals surface area contributed by atoms with E-state index in [1.807, 2.05) is 20.8 Å². The highest BCUT2D eigenvalue weighted by Gasteiger charge is 2.27. The van der Waals surface area contributed by atoms with Gasteiger partial charge >= 0.3 is 11.8 Å². The maximum absolute atomic E-state index is 12.2. The van der Waals surface area contributed by atoms with Gasteiger partial charge in [0.25, 0.3) is 0 Å². The molecule has 0 fully saturated rings. The second-order valence-corrected chi connectivity index (χ2v) is 6.73. The predicted octanol–water partition coefficient (Wildman–Crippen LogP) is 2.94. The first-order valence-electron chi connectivity index (χ1n) is 7.57. The molecule has 0 radical (unpaired) electrons. The molecular formula is C16H22N2O5. The zero-order chi connectivity index (χ0) is 17.4. The van der Waals surface area contributed by atoms with Crippen LogP contribution in [0, 0.1) is 17.0 Å². The van der Waals surface area contributed by atoms with Crippen LogP contribution in [0.4, 0.5) is 10.5 Å². The Hall–Kier alpha value is -2.31. The molecule has 0 saturated heterocycles. The average molecular weight is 322 g/mol. The normalized spacial score (nSPS) is 14.9. The molecule has 0 unspecified atom stereocenters. The molecule has 1 N–H and O–H groups in total. The molecule has 7 nitrogen and oxygen atoms in total. The van der Waals surface area contributed by atoms with E-state index in [0.717, 1.165) is 11.1 Å². The lowest BCUT2D eigenvalue weighted by atomic mass is 9.96. The molecule has 0 aromatic heterocycles. The van der Waals surface area contributed by atoms with Gasteiger partial charge in [-0.15, -0.1) is 0 Å². The molecule has 0 atom stereocenters. The zero-order valence-electron chi connectivity index (χ0n) is 13.9. The van der Waals surface area contributed by atoms with Crippen LogP contribution in [0.1, 0.15) is 37.5 Å². The van der Waals surface area contributed by atoms with Gasteiger partial charge < -0.3 is 14.7 Å². The molecule has 1 heterocycles. The Morgan fingerprint density at radius 2 is 1.96 bits per heavy atom. The Bertz CT molecular complexity index is 649. The molecule has 7 heteroatoms. The first-order chi connectivity index (χ1) is 10.6. The number of phenols is 1. The summed E-state index contributed by atoms with van der Waals surface area (Å²) >= 11 is 0. The topological polar surface area (TPSA) is 92.9 Å². The molecule has 2 rings (SSSR count). The molecule has 1 aliphatic rings. The average Bonchev–Trinajstić information content (AvgIpc) is 2.63. The van der Waals surface area contributed by atoms with Gasteiger partial charge in [-0.1, -0.05) is 0 Å². The molecule has 1 aromatic rings. The first kappa shape index (κ1) is 17.1. The smallest absolute Gasteiger partial charge is 0.410 e. The number of nitro groups is 1. The van der Waals surface area contributed by atoms with E-state index in [1.165, 1.54) is 6.07 Å². The minimum Gasteiger partial charge on any atom is -0.502 e. The van der Waals surface area contributed by atoms with Gasteiger partial charge in [0.15, 0.2) is 5.75 Å². The predicted molar refractivity (Wildman–Crippen MR) is 84.7 cm³/mol. The molecule has 0 aliphatic carbocycles. The number of aromatic hydroxyl groups is 1. The highest BCUT2D eigenvalue weighted by molar-refractivity contribution is 5.68. The van der Waals surface area contributed by atoms with Crippen LogP contribution in [0.3, 0.4) is 0 Å². The largest absolute Gasteiger partial charge is 0.502 e. The number of nitro benzene ring substituents is 1. The summed E-state index contributed by atoms with van der Waals surface area (Å²) in [4.78, 5) is 24.2. The van der Waals surface area contributed by atoms with Crippen LogP contribution >= 0.6 is 0 Å². The second kappa shape index (κ2) is 6.06. The van der Waals surface area contributed by atoms with Crippen molar-refractivity contribution >= 4 is 11.8 Å². The maximum Gasteiger partial charge on any atom is 0.410 e. The van der Waals surface area contributed by atoms with Crippen molar-refractivity contribution in [1.82, 2.24) is 4.90 Å². The van der Waals surface area contributed by atoms with E-state index in [0.29, 0.717) is 31.5 Å². The van der Waals surface area contributed by atoms with E-state index in [2.05, 4.69) is 0 Å². The molecule has 1 amide bonds. The van der Waals surface area contributed by atoms with Gasteiger partial charge in [-0.3, -0.25) is 10.1 Å². The van der Waals surface area contributed by atoms with E-state index >= 15 is 0 Å². The minimum atomic E-state index is -0.584. The molecular weight excluding hydrogens is 300 g/mol. The second-order valence-electron chi connectivity index (χ2n) is 6.73. The summed E-state index contributed by atoms with van der Waals surface area (Å²) in [5.74, 6) is -0.292. The Kier molecular flexibility index (Phi) is 4.49. The zero-order valence-corrected chi connectivity index (χ0v) is 13.9. The Labute approximate surface area is 135 Å². The van der Waals surface area contributed by atoms with Crippen LogP contribution < -0.4 is 0 Å². The number of phenolic OH excluding ortho intramolecular Hbond substituents is 1. The lowest BCUT2D eigenvalue weighted by molar-refractivity contribution is -0.386. The van der Waals surface area contributed by atoms with Gasteiger partial charge in [-0.25, -0.2) is 4.79 Å². The molecule has 0 spiro atoms. The summed E-state index contributed by atoms with van der Waals surface area (Å²) in [6, 6.07) is 1.41. The Balaban J connectivity index is 2.25. The van der Waals surface area contributed by atoms with Gasteiger partial charge in [0, 0.05) is 24.7 Å². The lowest BCUT2D eigenvalue weighted by Gasteiger charge is -2.26. The van der Waals surface area contributed by atoms with Crippen molar-refractivity contribution in [2.45, 2.75) is 46.1 Å². The number of amides is 1. The van der Waals surface area contributed by atoms with E-state index in [9.17, 15) is 20.0 Å². The molecule has 126 valence electrons. The number of fused-ring (bicyclic) bond motifs is 1. The third kappa shape index (κ3) is 3.72. The van der Waals surface area contributed by atoms with Gasteiger partial charge in [-0.2, -0.15) is 0 Å². The monoisotopic (exact) mass is 322 g/mol. The van der Waals surface area contributed by atoms with Gasteiger partial charge in [-0.05, 0) is 51.7 Å². The van der Waals surface area contributed by atoms with Crippen molar-refractivity contribution in [3.05, 3.63) is 32.9 Å². The van der Waals surface area contributed by atoms with Gasteiger partial charge in [0.2, 0.25) is 0 Å². The van der Waals surface area contributed by atoms with Crippen molar-refractivity contribution in [2.75, 3.05) is 13.1 Å². The SMILES string of the molecule is Cc1c(O)c([N+](=O)[O-])cc2c1CCN(C(=O)OC(C)(C)C)CC2. The summed E-state index contributed by atoms with van der Waals surface area (Å²) in [6.45, 7) is 7.99. The number of rotatable bonds is 1. The minimum absolute atomic E-state index is 0.285. The lowest BCUT2D eigenvalue weighted by Crippen LogP contribution is -2.38. The number of ether oxygens (including phenoxy) is 1. The third-order valence-electron chi connectivity index (χ3n) is 3.88. The van der Waals surface area contributed by atoms with E-state index in [4.69, 9.17) is 4.74 Å². The van der Waals surface area contributed by atoms with Crippen molar-refractivity contribution < 1.29 is 19.6 Å². The van der Waals surface area contributed by atoms with E-state index in [1.54, 1.807) is 11.8 Å². The number of nitrogens with zero attached hydrogens (tertiary/aromatic N) is 2. The number of hydrogen-bond acceptors (Lipinski definition) is 5. The van der Waals surface area contributed by atoms with Crippen LogP contribution in [-0.2, 0) is 17.6 Å². The number of carbonyl (C=O) groups is 1. The van der Waals surface area contributed by atoms with Crippen molar-refractivity contribution in [3.63, 3.8) is 0 Å². The fourth-order valence-corrected chi connectivity index (χ4v) is 2.73. The van der Waals surface area contributed by atoms with E-state index in [-0.39, 0.29) is 17.5 Å². The summed E-state index contributed by atoms with van der Waals surface area (Å²) < 4.78 is 5.38. The van der Waals surface area contributed by atoms with Gasteiger partial charge in [0.1, 0.15) is 5.60 Å². The third-order valence-corrected chi connectivity index (χ3v) is 3.88. The van der Waals surface area contributed by atoms with Gasteiger partial charge in [0.05, 0.1) is 4.92 Å². The van der Waals surface area contributed by atoms with E-state index < -0.39 is 10.5 Å². The molecule has 0 saturated carbocycles. The summed E-state index contributed by atoms with van der Waals surface area (Å²) in [5.41, 5.74) is 1.34. The fraction of sp³-hybridized carbons (Fsp3) is 0.562. The van der Waals surface area contributed by atoms with Crippen molar-refractivity contribution in [1.29, 1.82) is 0 Å². The van der Waals surface area contributed by atoms with Crippen LogP contribution in [0.5, 0.6) is 5.75 Å². The fourth-order valence-electron chi connectivity index (χ4n) is 2.73. The first-order valence-corrected chi connectivity index (χ1v) is 7.57. The molecule has 0 bridgehead atoms. The van der Waals surface area contributed by atoms with Crippen LogP contribution in [0.15, 0.2) is 6.07 Å². The highest BCUT2D eigenvalue weighted by atomic mass is 16.6. The number of hydrogen-bond donors (Lipinski definition) is 1. The quantitative estimate of drug-likeness (QED) is 0.634. The van der Waals surface area contributed by atoms with Crippen molar-refractivity contribution in [2.24, 2.45) is 0 Å². The van der Waals surface area contributed by atoms with Crippen LogP contribution in [0.25, 0.3) is 0 Å². The summed E-state index contributed by atoms with van der Waals surface area (Å²) in [7, 11) is 0. The summed E-state index contributed by atoms with van der Waals surface area (Å²) in [6.07, 6.45) is 0.643. The maximum atomic E-state index is 12.2. The Morgan fingerprint density at radius 3 is 2.52 bits per heavy atom. The van der Waals surface area contributed by atoms with Crippen LogP contribution in [-0.4, -0.2) is 39.7 Å². The summed E-state index contributed by atoms with van der Waals surface area (Å²) in [5, 5.41) is 21.0. The number of carbonyl (C=O) groups excluding carboxylic acids is 1. The standard InChI is InChI=1S/C16H22N2O5/c1-10-12-6-8-17(15(20)23-16(2,3)4)7-5-11(12)9-13(14(10)19)18(21)22/h9,19H,5-8H2,1-4H3. The highest BCUT2D eigenvalue weighted by Crippen LogP contribution is 2.35. The molecule has 23 heavy (non-hydrogen) atoms. The molecule has 1 aliphatic heterocycles. The molecule has 1 aromatic carbocycles. The number of benzene rings is 1. The Morgan fingerprint density at radius 1 is 1.35 bits per heavy atom. The van der Waals surface area contributed by atoms with Crippen molar-refractivity contribution in [3.8, 4) is 5.75 Å². The van der Waals surface area contributed by atoms with Crippen LogP contribution in [0.2, 0.25) is 0 Å².